The molecular formula is C18H20ClF3N2O3S2. The van der Waals surface area contributed by atoms with E-state index < -0.39 is 37.9 Å². The fourth-order valence-corrected chi connectivity index (χ4v) is 7.71. The predicted molar refractivity (Wildman–Crippen MR) is 109 cm³/mol. The molecule has 2 fully saturated rings. The average Bonchev–Trinajstić information content (AvgIpc) is 3.06. The van der Waals surface area contributed by atoms with Crippen LogP contribution in [0.2, 0.25) is 5.02 Å². The van der Waals surface area contributed by atoms with Crippen LogP contribution < -0.4 is 4.90 Å². The number of alkyl halides is 3. The molecule has 1 aromatic rings. The third kappa shape index (κ3) is 4.59. The van der Waals surface area contributed by atoms with E-state index in [1.807, 2.05) is 13.8 Å². The molecule has 2 aliphatic rings. The van der Waals surface area contributed by atoms with Gasteiger partial charge >= 0.3 is 6.18 Å². The molecule has 1 amide bonds. The van der Waals surface area contributed by atoms with Gasteiger partial charge in [0.2, 0.25) is 0 Å². The first-order chi connectivity index (χ1) is 13.5. The molecule has 1 aromatic carbocycles. The topological polar surface area (TPSA) is 66.8 Å². The molecule has 0 radical (unpaired) electrons. The van der Waals surface area contributed by atoms with Crippen LogP contribution >= 0.6 is 23.4 Å². The smallest absolute Gasteiger partial charge is 0.316 e. The third-order valence-electron chi connectivity index (χ3n) is 5.14. The van der Waals surface area contributed by atoms with Crippen LogP contribution in [-0.4, -0.2) is 42.3 Å². The minimum Gasteiger partial charge on any atom is -0.316 e. The van der Waals surface area contributed by atoms with E-state index in [4.69, 9.17) is 11.6 Å². The molecule has 3 rings (SSSR count). The molecule has 0 saturated carbocycles. The van der Waals surface area contributed by atoms with E-state index in [0.717, 1.165) is 23.9 Å². The standard InChI is InChI=1S/C18H20ClF3N2O3S2/c1-3-10(4-2)16(25)23-17-24(14-8-29(26,27)9-15(14)28-17)11-5-6-13(19)12(7-11)18(20,21)22/h5-7,10,14-15H,3-4,8-9H2,1-2H3/t14-,15+/m0/s1. The highest BCUT2D eigenvalue weighted by molar-refractivity contribution is 8.16. The van der Waals surface area contributed by atoms with Crippen LogP contribution in [0, 0.1) is 5.92 Å². The maximum absolute atomic E-state index is 13.3. The van der Waals surface area contributed by atoms with Crippen molar-refractivity contribution in [3.63, 3.8) is 0 Å². The van der Waals surface area contributed by atoms with Gasteiger partial charge in [0.25, 0.3) is 5.91 Å². The van der Waals surface area contributed by atoms with E-state index >= 15 is 0 Å². The van der Waals surface area contributed by atoms with Gasteiger partial charge < -0.3 is 4.90 Å². The van der Waals surface area contributed by atoms with Gasteiger partial charge in [0.1, 0.15) is 0 Å². The van der Waals surface area contributed by atoms with Crippen molar-refractivity contribution >= 4 is 50.0 Å². The largest absolute Gasteiger partial charge is 0.417 e. The lowest BCUT2D eigenvalue weighted by Crippen LogP contribution is -2.38. The van der Waals surface area contributed by atoms with Crippen LogP contribution in [0.25, 0.3) is 0 Å². The van der Waals surface area contributed by atoms with Crippen molar-refractivity contribution < 1.29 is 26.4 Å². The van der Waals surface area contributed by atoms with Crippen molar-refractivity contribution in [3.05, 3.63) is 28.8 Å². The van der Waals surface area contributed by atoms with Gasteiger partial charge in [-0.1, -0.05) is 37.2 Å². The van der Waals surface area contributed by atoms with Crippen LogP contribution in [0.15, 0.2) is 23.2 Å². The van der Waals surface area contributed by atoms with E-state index in [9.17, 15) is 26.4 Å². The van der Waals surface area contributed by atoms with Gasteiger partial charge in [-0.15, -0.1) is 0 Å². The zero-order valence-corrected chi connectivity index (χ0v) is 18.1. The van der Waals surface area contributed by atoms with Crippen molar-refractivity contribution in [1.82, 2.24) is 0 Å². The number of halogens is 4. The van der Waals surface area contributed by atoms with Crippen molar-refractivity contribution in [2.45, 2.75) is 44.2 Å². The Hall–Kier alpha value is -1.26. The second kappa shape index (κ2) is 8.11. The first-order valence-corrected chi connectivity index (χ1v) is 12.2. The number of carbonyl (C=O) groups is 1. The Kier molecular flexibility index (Phi) is 6.27. The molecule has 5 nitrogen and oxygen atoms in total. The van der Waals surface area contributed by atoms with Gasteiger partial charge in [-0.3, -0.25) is 4.79 Å². The number of amidine groups is 1. The zero-order valence-electron chi connectivity index (χ0n) is 15.7. The molecule has 2 aliphatic heterocycles. The Balaban J connectivity index is 2.07. The fourth-order valence-electron chi connectivity index (χ4n) is 3.57. The number of aliphatic imine (C=N–C) groups is 1. The molecule has 0 N–H and O–H groups in total. The number of rotatable bonds is 4. The average molecular weight is 469 g/mol. The maximum Gasteiger partial charge on any atom is 0.417 e. The number of carbonyl (C=O) groups excluding carboxylic acids is 1. The summed E-state index contributed by atoms with van der Waals surface area (Å²) in [6.45, 7) is 3.73. The Morgan fingerprint density at radius 2 is 1.97 bits per heavy atom. The number of thioether (sulfide) groups is 1. The number of hydrogen-bond acceptors (Lipinski definition) is 4. The SMILES string of the molecule is CCC(CC)C(=O)N=C1S[C@@H]2CS(=O)(=O)C[C@@H]2N1c1ccc(Cl)c(C(F)(F)F)c1. The molecule has 2 atom stereocenters. The van der Waals surface area contributed by atoms with E-state index in [0.29, 0.717) is 12.8 Å². The molecule has 160 valence electrons. The van der Waals surface area contributed by atoms with Crippen molar-refractivity contribution in [2.75, 3.05) is 16.4 Å². The minimum atomic E-state index is -4.66. The first-order valence-electron chi connectivity index (χ1n) is 9.12. The summed E-state index contributed by atoms with van der Waals surface area (Å²) in [6, 6.07) is 2.82. The molecule has 11 heteroatoms. The number of benzene rings is 1. The zero-order chi connectivity index (χ0) is 21.6. The lowest BCUT2D eigenvalue weighted by atomic mass is 10.0. The predicted octanol–water partition coefficient (Wildman–Crippen LogP) is 4.40. The van der Waals surface area contributed by atoms with Gasteiger partial charge in [-0.25, -0.2) is 8.42 Å². The summed E-state index contributed by atoms with van der Waals surface area (Å²) in [4.78, 5) is 18.1. The molecular weight excluding hydrogens is 449 g/mol. The highest BCUT2D eigenvalue weighted by Crippen LogP contribution is 2.43. The highest BCUT2D eigenvalue weighted by atomic mass is 35.5. The molecule has 2 heterocycles. The second-order valence-corrected chi connectivity index (χ2v) is 10.8. The Morgan fingerprint density at radius 3 is 2.55 bits per heavy atom. The van der Waals surface area contributed by atoms with Crippen molar-refractivity contribution in [2.24, 2.45) is 10.9 Å². The number of fused-ring (bicyclic) bond motifs is 1. The highest BCUT2D eigenvalue weighted by Gasteiger charge is 2.50. The molecule has 0 unspecified atom stereocenters. The van der Waals surface area contributed by atoms with Crippen LogP contribution in [0.5, 0.6) is 0 Å². The number of amides is 1. The summed E-state index contributed by atoms with van der Waals surface area (Å²) < 4.78 is 64.1. The van der Waals surface area contributed by atoms with Gasteiger partial charge in [0.15, 0.2) is 15.0 Å². The molecule has 0 spiro atoms. The van der Waals surface area contributed by atoms with Crippen LogP contribution in [0.1, 0.15) is 32.3 Å². The lowest BCUT2D eigenvalue weighted by Gasteiger charge is -2.26. The van der Waals surface area contributed by atoms with Crippen molar-refractivity contribution in [1.29, 1.82) is 0 Å². The van der Waals surface area contributed by atoms with Crippen LogP contribution in [-0.2, 0) is 20.8 Å². The number of anilines is 1. The molecule has 0 bridgehead atoms. The normalized spacial score (nSPS) is 25.1. The lowest BCUT2D eigenvalue weighted by molar-refractivity contribution is -0.137. The summed E-state index contributed by atoms with van der Waals surface area (Å²) in [5, 5.41) is -0.601. The monoisotopic (exact) mass is 468 g/mol. The minimum absolute atomic E-state index is 0.100. The molecule has 0 aliphatic carbocycles. The second-order valence-electron chi connectivity index (χ2n) is 7.08. The molecule has 0 aromatic heterocycles. The van der Waals surface area contributed by atoms with Crippen LogP contribution in [0.3, 0.4) is 0 Å². The summed E-state index contributed by atoms with van der Waals surface area (Å²) in [7, 11) is -3.32. The Morgan fingerprint density at radius 1 is 1.31 bits per heavy atom. The Labute approximate surface area is 176 Å². The van der Waals surface area contributed by atoms with Crippen molar-refractivity contribution in [3.8, 4) is 0 Å². The summed E-state index contributed by atoms with van der Waals surface area (Å²) >= 11 is 6.85. The van der Waals surface area contributed by atoms with Gasteiger partial charge in [0.05, 0.1) is 28.1 Å². The Bertz CT molecular complexity index is 946. The maximum atomic E-state index is 13.3. The quantitative estimate of drug-likeness (QED) is 0.655. The van der Waals surface area contributed by atoms with Crippen LogP contribution in [0.4, 0.5) is 18.9 Å². The molecule has 2 saturated heterocycles. The number of sulfone groups is 1. The number of nitrogens with zero attached hydrogens (tertiary/aromatic N) is 2. The summed E-state index contributed by atoms with van der Waals surface area (Å²) in [5.74, 6) is -0.941. The molecule has 29 heavy (non-hydrogen) atoms. The fraction of sp³-hybridized carbons (Fsp3) is 0.556. The van der Waals surface area contributed by atoms with E-state index in [2.05, 4.69) is 4.99 Å². The summed E-state index contributed by atoms with van der Waals surface area (Å²) in [5.41, 5.74) is -0.897. The van der Waals surface area contributed by atoms with E-state index in [1.54, 1.807) is 0 Å². The van der Waals surface area contributed by atoms with Gasteiger partial charge in [0, 0.05) is 16.9 Å². The van der Waals surface area contributed by atoms with Gasteiger partial charge in [-0.05, 0) is 31.0 Å². The van der Waals surface area contributed by atoms with Gasteiger partial charge in [-0.2, -0.15) is 18.2 Å². The summed E-state index contributed by atoms with van der Waals surface area (Å²) in [6.07, 6.45) is -3.47. The van der Waals surface area contributed by atoms with E-state index in [1.165, 1.54) is 11.0 Å². The first kappa shape index (κ1) is 22.4. The number of hydrogen-bond donors (Lipinski definition) is 0. The third-order valence-corrected chi connectivity index (χ3v) is 8.68. The van der Waals surface area contributed by atoms with E-state index in [-0.39, 0.29) is 34.2 Å².